The summed E-state index contributed by atoms with van der Waals surface area (Å²) in [6, 6.07) is 9.28. The van der Waals surface area contributed by atoms with Crippen LogP contribution in [-0.2, 0) is 6.42 Å². The molecule has 0 bridgehead atoms. The molecule has 4 heteroatoms. The molecule has 2 aromatic rings. The zero-order valence-electron chi connectivity index (χ0n) is 10.9. The van der Waals surface area contributed by atoms with Crippen molar-refractivity contribution in [2.45, 2.75) is 19.4 Å². The Balaban J connectivity index is 2.10. The fraction of sp³-hybridized carbons (Fsp3) is 0.267. The molecular formula is C15H16ClNO2. The average Bonchev–Trinajstić information content (AvgIpc) is 2.42. The maximum Gasteiger partial charge on any atom is 0.212 e. The Bertz CT molecular complexity index is 555. The smallest absolute Gasteiger partial charge is 0.212 e. The number of rotatable bonds is 4. The highest BCUT2D eigenvalue weighted by molar-refractivity contribution is 6.31. The summed E-state index contributed by atoms with van der Waals surface area (Å²) in [6.45, 7) is 1.94. The average molecular weight is 278 g/mol. The van der Waals surface area contributed by atoms with Gasteiger partial charge in [-0.2, -0.15) is 0 Å². The van der Waals surface area contributed by atoms with Crippen LogP contribution in [0.5, 0.6) is 5.88 Å². The van der Waals surface area contributed by atoms with Crippen LogP contribution in [0.2, 0.25) is 5.02 Å². The molecular weight excluding hydrogens is 262 g/mol. The lowest BCUT2D eigenvalue weighted by Crippen LogP contribution is -2.02. The van der Waals surface area contributed by atoms with E-state index in [4.69, 9.17) is 16.3 Å². The van der Waals surface area contributed by atoms with Crippen molar-refractivity contribution in [3.05, 3.63) is 58.2 Å². The number of aromatic nitrogens is 1. The third-order valence-electron chi connectivity index (χ3n) is 3.02. The van der Waals surface area contributed by atoms with Gasteiger partial charge in [-0.05, 0) is 29.7 Å². The zero-order valence-corrected chi connectivity index (χ0v) is 11.7. The summed E-state index contributed by atoms with van der Waals surface area (Å²) in [5.41, 5.74) is 2.76. The first kappa shape index (κ1) is 13.8. The van der Waals surface area contributed by atoms with Crippen LogP contribution in [0.4, 0.5) is 0 Å². The van der Waals surface area contributed by atoms with Crippen molar-refractivity contribution < 1.29 is 9.84 Å². The van der Waals surface area contributed by atoms with Crippen LogP contribution in [0.25, 0.3) is 0 Å². The van der Waals surface area contributed by atoms with E-state index in [1.54, 1.807) is 25.4 Å². The predicted octanol–water partition coefficient (Wildman–Crippen LogP) is 3.33. The van der Waals surface area contributed by atoms with Crippen LogP contribution in [0.15, 0.2) is 36.5 Å². The monoisotopic (exact) mass is 277 g/mol. The van der Waals surface area contributed by atoms with Gasteiger partial charge in [-0.15, -0.1) is 0 Å². The number of nitrogens with zero attached hydrogens (tertiary/aromatic N) is 1. The van der Waals surface area contributed by atoms with E-state index in [0.717, 1.165) is 16.7 Å². The molecule has 100 valence electrons. The third kappa shape index (κ3) is 3.46. The van der Waals surface area contributed by atoms with Crippen molar-refractivity contribution >= 4 is 11.6 Å². The summed E-state index contributed by atoms with van der Waals surface area (Å²) >= 11 is 6.06. The lowest BCUT2D eigenvalue weighted by molar-refractivity contribution is 0.178. The fourth-order valence-electron chi connectivity index (χ4n) is 1.81. The van der Waals surface area contributed by atoms with Gasteiger partial charge in [0.25, 0.3) is 0 Å². The second kappa shape index (κ2) is 6.04. The number of aliphatic hydroxyl groups is 1. The molecule has 1 aromatic carbocycles. The Morgan fingerprint density at radius 2 is 2.11 bits per heavy atom. The van der Waals surface area contributed by atoms with Crippen molar-refractivity contribution in [3.8, 4) is 5.88 Å². The molecule has 1 atom stereocenters. The Morgan fingerprint density at radius 3 is 2.68 bits per heavy atom. The van der Waals surface area contributed by atoms with Gasteiger partial charge in [0.2, 0.25) is 5.88 Å². The van der Waals surface area contributed by atoms with Crippen molar-refractivity contribution in [1.82, 2.24) is 4.98 Å². The maximum absolute atomic E-state index is 10.2. The van der Waals surface area contributed by atoms with Crippen molar-refractivity contribution in [1.29, 1.82) is 0 Å². The molecule has 1 aromatic heterocycles. The summed E-state index contributed by atoms with van der Waals surface area (Å²) in [5.74, 6) is 0.566. The van der Waals surface area contributed by atoms with Gasteiger partial charge in [0.05, 0.1) is 13.2 Å². The molecule has 19 heavy (non-hydrogen) atoms. The zero-order chi connectivity index (χ0) is 13.8. The minimum atomic E-state index is -0.590. The highest BCUT2D eigenvalue weighted by atomic mass is 35.5. The van der Waals surface area contributed by atoms with E-state index < -0.39 is 6.10 Å². The molecule has 0 amide bonds. The lowest BCUT2D eigenvalue weighted by Gasteiger charge is -2.12. The van der Waals surface area contributed by atoms with Gasteiger partial charge >= 0.3 is 0 Å². The summed E-state index contributed by atoms with van der Waals surface area (Å²) in [7, 11) is 1.57. The van der Waals surface area contributed by atoms with Gasteiger partial charge in [-0.1, -0.05) is 29.8 Å². The van der Waals surface area contributed by atoms with E-state index in [2.05, 4.69) is 4.98 Å². The third-order valence-corrected chi connectivity index (χ3v) is 3.42. The fourth-order valence-corrected chi connectivity index (χ4v) is 2.00. The molecule has 3 nitrogen and oxygen atoms in total. The van der Waals surface area contributed by atoms with Crippen molar-refractivity contribution in [2.75, 3.05) is 7.11 Å². The van der Waals surface area contributed by atoms with Crippen molar-refractivity contribution in [2.24, 2.45) is 0 Å². The minimum Gasteiger partial charge on any atom is -0.481 e. The molecule has 0 aliphatic heterocycles. The molecule has 0 aliphatic rings. The van der Waals surface area contributed by atoms with Crippen LogP contribution in [0.3, 0.4) is 0 Å². The highest BCUT2D eigenvalue weighted by Gasteiger charge is 2.10. The van der Waals surface area contributed by atoms with Crippen molar-refractivity contribution in [3.63, 3.8) is 0 Å². The van der Waals surface area contributed by atoms with Crippen LogP contribution < -0.4 is 4.74 Å². The molecule has 1 N–H and O–H groups in total. The molecule has 0 fully saturated rings. The molecule has 2 rings (SSSR count). The number of hydrogen-bond acceptors (Lipinski definition) is 3. The Labute approximate surface area is 117 Å². The normalized spacial score (nSPS) is 12.2. The summed E-state index contributed by atoms with van der Waals surface area (Å²) in [5, 5.41) is 10.9. The quantitative estimate of drug-likeness (QED) is 0.932. The van der Waals surface area contributed by atoms with Gasteiger partial charge in [-0.3, -0.25) is 0 Å². The van der Waals surface area contributed by atoms with E-state index >= 15 is 0 Å². The van der Waals surface area contributed by atoms with Gasteiger partial charge < -0.3 is 9.84 Å². The number of ether oxygens (including phenoxy) is 1. The van der Waals surface area contributed by atoms with Crippen LogP contribution in [0.1, 0.15) is 22.8 Å². The van der Waals surface area contributed by atoms with Crippen LogP contribution >= 0.6 is 11.6 Å². The maximum atomic E-state index is 10.2. The Hall–Kier alpha value is -1.58. The summed E-state index contributed by atoms with van der Waals surface area (Å²) < 4.78 is 5.00. The van der Waals surface area contributed by atoms with E-state index in [9.17, 15) is 5.11 Å². The van der Waals surface area contributed by atoms with Gasteiger partial charge in [0.1, 0.15) is 0 Å². The van der Waals surface area contributed by atoms with Gasteiger partial charge in [0.15, 0.2) is 0 Å². The lowest BCUT2D eigenvalue weighted by atomic mass is 10.0. The highest BCUT2D eigenvalue weighted by Crippen LogP contribution is 2.24. The number of aryl methyl sites for hydroxylation is 1. The number of hydrogen-bond donors (Lipinski definition) is 1. The first-order chi connectivity index (χ1) is 9.10. The molecule has 1 unspecified atom stereocenters. The number of aliphatic hydroxyl groups excluding tert-OH is 1. The second-order valence-corrected chi connectivity index (χ2v) is 4.84. The predicted molar refractivity (Wildman–Crippen MR) is 75.6 cm³/mol. The SMILES string of the molecule is COc1ccc(CC(O)c2ccc(C)c(Cl)c2)cn1. The molecule has 0 radical (unpaired) electrons. The molecule has 0 saturated carbocycles. The van der Waals surface area contributed by atoms with E-state index in [0.29, 0.717) is 17.3 Å². The largest absolute Gasteiger partial charge is 0.481 e. The van der Waals surface area contributed by atoms with E-state index in [-0.39, 0.29) is 0 Å². The van der Waals surface area contributed by atoms with Gasteiger partial charge in [0, 0.05) is 23.7 Å². The number of methoxy groups -OCH3 is 1. The summed E-state index contributed by atoms with van der Waals surface area (Å²) in [4.78, 5) is 4.12. The minimum absolute atomic E-state index is 0.496. The molecule has 0 aliphatic carbocycles. The first-order valence-corrected chi connectivity index (χ1v) is 6.41. The Kier molecular flexibility index (Phi) is 4.40. The number of benzene rings is 1. The second-order valence-electron chi connectivity index (χ2n) is 4.44. The van der Waals surface area contributed by atoms with Crippen LogP contribution in [-0.4, -0.2) is 17.2 Å². The topological polar surface area (TPSA) is 42.4 Å². The number of halogens is 1. The molecule has 0 spiro atoms. The number of pyridine rings is 1. The molecule has 0 saturated heterocycles. The summed E-state index contributed by atoms with van der Waals surface area (Å²) in [6.07, 6.45) is 1.61. The Morgan fingerprint density at radius 1 is 1.32 bits per heavy atom. The van der Waals surface area contributed by atoms with Gasteiger partial charge in [-0.25, -0.2) is 4.98 Å². The molecule has 1 heterocycles. The van der Waals surface area contributed by atoms with E-state index in [1.165, 1.54) is 0 Å². The van der Waals surface area contributed by atoms with Crippen LogP contribution in [0, 0.1) is 6.92 Å². The van der Waals surface area contributed by atoms with E-state index in [1.807, 2.05) is 25.1 Å². The standard InChI is InChI=1S/C15H16ClNO2/c1-10-3-5-12(8-13(10)16)14(18)7-11-4-6-15(19-2)17-9-11/h3-6,8-9,14,18H,7H2,1-2H3. The first-order valence-electron chi connectivity index (χ1n) is 6.03.